The average molecular weight is 277 g/mol. The number of benzene rings is 1. The second-order valence-electron chi connectivity index (χ2n) is 3.03. The van der Waals surface area contributed by atoms with Gasteiger partial charge in [0.05, 0.1) is 5.02 Å². The highest BCUT2D eigenvalue weighted by Crippen LogP contribution is 2.39. The molecule has 0 atom stereocenters. The summed E-state index contributed by atoms with van der Waals surface area (Å²) in [5, 5.41) is -0.807. The molecule has 0 saturated carbocycles. The van der Waals surface area contributed by atoms with Crippen molar-refractivity contribution >= 4 is 17.4 Å². The number of halogens is 7. The predicted octanol–water partition coefficient (Wildman–Crippen LogP) is 3.86. The number of alkyl halides is 5. The Labute approximate surface area is 96.0 Å². The first kappa shape index (κ1) is 13.8. The molecule has 1 nitrogen and oxygen atoms in total. The van der Waals surface area contributed by atoms with Crippen molar-refractivity contribution in [2.24, 2.45) is 0 Å². The van der Waals surface area contributed by atoms with Gasteiger partial charge in [0.2, 0.25) is 5.78 Å². The molecule has 0 N–H and O–H groups in total. The molecule has 0 saturated heterocycles. The maximum absolute atomic E-state index is 12.7. The van der Waals surface area contributed by atoms with Gasteiger partial charge in [-0.15, -0.1) is 0 Å². The van der Waals surface area contributed by atoms with E-state index in [0.717, 1.165) is 0 Å². The lowest BCUT2D eigenvalue weighted by atomic mass is 10.1. The summed E-state index contributed by atoms with van der Waals surface area (Å²) in [6.45, 7) is 0. The van der Waals surface area contributed by atoms with Crippen molar-refractivity contribution in [2.45, 2.75) is 12.1 Å². The summed E-state index contributed by atoms with van der Waals surface area (Å²) in [6, 6.07) is 1.51. The van der Waals surface area contributed by atoms with Gasteiger partial charge in [-0.3, -0.25) is 4.79 Å². The molecule has 0 aliphatic heterocycles. The lowest BCUT2D eigenvalue weighted by Gasteiger charge is -2.18. The van der Waals surface area contributed by atoms with Gasteiger partial charge in [0.1, 0.15) is 5.82 Å². The zero-order valence-electron chi connectivity index (χ0n) is 7.79. The number of Topliss-reactive ketones (excluding diaryl/α,β-unsaturated/α-hetero) is 1. The minimum absolute atomic E-state index is 0.472. The molecular weight excluding hydrogens is 274 g/mol. The molecule has 0 bridgehead atoms. The largest absolute Gasteiger partial charge is 0.461 e. The smallest absolute Gasteiger partial charge is 0.287 e. The molecule has 1 aromatic carbocycles. The van der Waals surface area contributed by atoms with Crippen molar-refractivity contribution in [3.63, 3.8) is 0 Å². The van der Waals surface area contributed by atoms with Crippen LogP contribution in [0.2, 0.25) is 5.02 Å². The van der Waals surface area contributed by atoms with Crippen LogP contribution in [0.5, 0.6) is 0 Å². The van der Waals surface area contributed by atoms with Gasteiger partial charge < -0.3 is 0 Å². The van der Waals surface area contributed by atoms with Crippen LogP contribution in [0.15, 0.2) is 18.2 Å². The Hall–Kier alpha value is -1.24. The lowest BCUT2D eigenvalue weighted by molar-refractivity contribution is -0.255. The molecule has 0 aliphatic carbocycles. The molecule has 0 spiro atoms. The summed E-state index contributed by atoms with van der Waals surface area (Å²) in [6.07, 6.45) is -6.03. The van der Waals surface area contributed by atoms with Gasteiger partial charge >= 0.3 is 12.1 Å². The zero-order chi connectivity index (χ0) is 13.4. The molecule has 0 radical (unpaired) electrons. The van der Waals surface area contributed by atoms with Gasteiger partial charge in [-0.1, -0.05) is 11.6 Å². The fourth-order valence-corrected chi connectivity index (χ4v) is 1.22. The Morgan fingerprint density at radius 3 is 2.06 bits per heavy atom. The molecule has 94 valence electrons. The normalized spacial score (nSPS) is 12.6. The zero-order valence-corrected chi connectivity index (χ0v) is 8.54. The Balaban J connectivity index is 3.22. The quantitative estimate of drug-likeness (QED) is 0.592. The van der Waals surface area contributed by atoms with E-state index in [1.807, 2.05) is 0 Å². The number of carbonyl (C=O) groups is 1. The molecule has 0 amide bonds. The SMILES string of the molecule is O=C(c1ccc(F)cc1Cl)C(F)(F)C(F)(F)F. The molecule has 0 heterocycles. The number of hydrogen-bond acceptors (Lipinski definition) is 1. The van der Waals surface area contributed by atoms with Crippen molar-refractivity contribution in [3.05, 3.63) is 34.6 Å². The molecule has 8 heteroatoms. The maximum atomic E-state index is 12.7. The third-order valence-corrected chi connectivity index (χ3v) is 2.13. The van der Waals surface area contributed by atoms with Gasteiger partial charge in [-0.05, 0) is 18.2 Å². The summed E-state index contributed by atoms with van der Waals surface area (Å²) in [5.41, 5.74) is -1.09. The second kappa shape index (κ2) is 4.21. The van der Waals surface area contributed by atoms with E-state index in [9.17, 15) is 31.1 Å². The molecule has 17 heavy (non-hydrogen) atoms. The highest BCUT2D eigenvalue weighted by Gasteiger charge is 2.63. The van der Waals surface area contributed by atoms with Crippen molar-refractivity contribution in [1.82, 2.24) is 0 Å². The van der Waals surface area contributed by atoms with Gasteiger partial charge in [0, 0.05) is 5.56 Å². The van der Waals surface area contributed by atoms with Gasteiger partial charge in [0.25, 0.3) is 0 Å². The first-order chi connectivity index (χ1) is 7.57. The van der Waals surface area contributed by atoms with Crippen molar-refractivity contribution in [3.8, 4) is 0 Å². The monoisotopic (exact) mass is 276 g/mol. The Kier molecular flexibility index (Phi) is 3.42. The lowest BCUT2D eigenvalue weighted by Crippen LogP contribution is -2.44. The number of ketones is 1. The third-order valence-electron chi connectivity index (χ3n) is 1.82. The summed E-state index contributed by atoms with van der Waals surface area (Å²) in [7, 11) is 0. The predicted molar refractivity (Wildman–Crippen MR) is 46.7 cm³/mol. The second-order valence-corrected chi connectivity index (χ2v) is 3.43. The topological polar surface area (TPSA) is 17.1 Å². The van der Waals surface area contributed by atoms with Crippen molar-refractivity contribution < 1.29 is 31.1 Å². The molecule has 0 aromatic heterocycles. The van der Waals surface area contributed by atoms with Crippen molar-refractivity contribution in [1.29, 1.82) is 0 Å². The van der Waals surface area contributed by atoms with Crippen LogP contribution in [0.4, 0.5) is 26.3 Å². The van der Waals surface area contributed by atoms with Crippen LogP contribution in [-0.4, -0.2) is 17.9 Å². The third kappa shape index (κ3) is 2.54. The molecule has 0 fully saturated rings. The first-order valence-corrected chi connectivity index (χ1v) is 4.39. The van der Waals surface area contributed by atoms with E-state index in [1.165, 1.54) is 0 Å². The molecule has 1 rings (SSSR count). The van der Waals surface area contributed by atoms with E-state index in [2.05, 4.69) is 0 Å². The highest BCUT2D eigenvalue weighted by atomic mass is 35.5. The Morgan fingerprint density at radius 2 is 1.65 bits per heavy atom. The molecular formula is C9H3ClF6O. The van der Waals surface area contributed by atoms with Crippen LogP contribution < -0.4 is 0 Å². The van der Waals surface area contributed by atoms with E-state index < -0.39 is 34.3 Å². The summed E-state index contributed by atoms with van der Waals surface area (Å²) >= 11 is 5.22. The molecule has 0 unspecified atom stereocenters. The van der Waals surface area contributed by atoms with Gasteiger partial charge in [-0.25, -0.2) is 4.39 Å². The minimum atomic E-state index is -6.03. The van der Waals surface area contributed by atoms with E-state index in [1.54, 1.807) is 0 Å². The minimum Gasteiger partial charge on any atom is -0.287 e. The standard InChI is InChI=1S/C9H3ClF6O/c10-6-3-4(11)1-2-5(6)7(17)8(12,13)9(14,15)16/h1-3H. The molecule has 1 aromatic rings. The number of carbonyl (C=O) groups excluding carboxylic acids is 1. The van der Waals surface area contributed by atoms with E-state index in [0.29, 0.717) is 18.2 Å². The van der Waals surface area contributed by atoms with E-state index >= 15 is 0 Å². The van der Waals surface area contributed by atoms with E-state index in [-0.39, 0.29) is 0 Å². The fourth-order valence-electron chi connectivity index (χ4n) is 0.971. The Morgan fingerprint density at radius 1 is 1.12 bits per heavy atom. The molecule has 0 aliphatic rings. The summed E-state index contributed by atoms with van der Waals surface area (Å²) in [5.74, 6) is -9.04. The van der Waals surface area contributed by atoms with Crippen LogP contribution in [0.1, 0.15) is 10.4 Å². The number of rotatable bonds is 2. The van der Waals surface area contributed by atoms with Crippen LogP contribution in [0.3, 0.4) is 0 Å². The first-order valence-electron chi connectivity index (χ1n) is 4.02. The average Bonchev–Trinajstić information content (AvgIpc) is 2.14. The Bertz CT molecular complexity index is 453. The van der Waals surface area contributed by atoms with Crippen LogP contribution >= 0.6 is 11.6 Å². The number of hydrogen-bond donors (Lipinski definition) is 0. The van der Waals surface area contributed by atoms with Gasteiger partial charge in [-0.2, -0.15) is 22.0 Å². The maximum Gasteiger partial charge on any atom is 0.461 e. The van der Waals surface area contributed by atoms with E-state index in [4.69, 9.17) is 11.6 Å². The van der Waals surface area contributed by atoms with Crippen LogP contribution in [-0.2, 0) is 0 Å². The summed E-state index contributed by atoms with van der Waals surface area (Å²) < 4.78 is 73.5. The highest BCUT2D eigenvalue weighted by molar-refractivity contribution is 6.34. The van der Waals surface area contributed by atoms with Crippen LogP contribution in [0.25, 0.3) is 0 Å². The fraction of sp³-hybridized carbons (Fsp3) is 0.222. The summed E-state index contributed by atoms with van der Waals surface area (Å²) in [4.78, 5) is 11.0. The van der Waals surface area contributed by atoms with Crippen LogP contribution in [0, 0.1) is 5.82 Å². The van der Waals surface area contributed by atoms with Crippen molar-refractivity contribution in [2.75, 3.05) is 0 Å². The van der Waals surface area contributed by atoms with Gasteiger partial charge in [0.15, 0.2) is 0 Å².